The van der Waals surface area contributed by atoms with Crippen LogP contribution in [0.5, 0.6) is 0 Å². The van der Waals surface area contributed by atoms with Crippen molar-refractivity contribution in [3.05, 3.63) is 47.5 Å². The molecule has 1 aromatic rings. The summed E-state index contributed by atoms with van der Waals surface area (Å²) in [6.45, 7) is 6.59. The van der Waals surface area contributed by atoms with Crippen molar-refractivity contribution < 1.29 is 14.4 Å². The van der Waals surface area contributed by atoms with Gasteiger partial charge < -0.3 is 9.57 Å². The van der Waals surface area contributed by atoms with E-state index in [0.717, 1.165) is 12.0 Å². The maximum absolute atomic E-state index is 11.8. The Bertz CT molecular complexity index is 480. The number of hydrogen-bond acceptors (Lipinski definition) is 4. The molecule has 1 rings (SSSR count). The molecule has 4 nitrogen and oxygen atoms in total. The summed E-state index contributed by atoms with van der Waals surface area (Å²) in [5, 5.41) is 3.86. The Kier molecular flexibility index (Phi) is 7.87. The van der Waals surface area contributed by atoms with Gasteiger partial charge in [-0.1, -0.05) is 49.3 Å². The third kappa shape index (κ3) is 6.25. The highest BCUT2D eigenvalue weighted by Crippen LogP contribution is 2.15. The minimum atomic E-state index is -0.290. The Balaban J connectivity index is 2.56. The largest absolute Gasteiger partial charge is 0.463 e. The van der Waals surface area contributed by atoms with E-state index in [0.29, 0.717) is 18.8 Å². The molecule has 0 bridgehead atoms. The van der Waals surface area contributed by atoms with Gasteiger partial charge in [0.25, 0.3) is 0 Å². The number of nitrogens with zero attached hydrogens (tertiary/aromatic N) is 1. The van der Waals surface area contributed by atoms with E-state index in [1.807, 2.05) is 44.2 Å². The van der Waals surface area contributed by atoms with Gasteiger partial charge in [0, 0.05) is 5.57 Å². The third-order valence-electron chi connectivity index (χ3n) is 3.12. The number of rotatable bonds is 8. The first kappa shape index (κ1) is 17.0. The molecular formula is C17H23NO3. The lowest BCUT2D eigenvalue weighted by atomic mass is 9.98. The summed E-state index contributed by atoms with van der Waals surface area (Å²) in [6, 6.07) is 9.78. The van der Waals surface area contributed by atoms with Crippen LogP contribution in [0.4, 0.5) is 0 Å². The van der Waals surface area contributed by atoms with Crippen LogP contribution in [-0.2, 0) is 21.0 Å². The van der Waals surface area contributed by atoms with Crippen LogP contribution in [0.2, 0.25) is 0 Å². The first-order valence-corrected chi connectivity index (χ1v) is 7.25. The molecule has 21 heavy (non-hydrogen) atoms. The molecule has 0 spiro atoms. The highest BCUT2D eigenvalue weighted by atomic mass is 16.6. The molecule has 1 aromatic carbocycles. The van der Waals surface area contributed by atoms with Crippen molar-refractivity contribution in [2.75, 3.05) is 6.61 Å². The quantitative estimate of drug-likeness (QED) is 0.317. The van der Waals surface area contributed by atoms with Crippen LogP contribution >= 0.6 is 0 Å². The lowest BCUT2D eigenvalue weighted by Crippen LogP contribution is -2.14. The van der Waals surface area contributed by atoms with Crippen LogP contribution in [0, 0.1) is 5.92 Å². The maximum atomic E-state index is 11.8. The van der Waals surface area contributed by atoms with E-state index in [1.54, 1.807) is 13.0 Å². The number of benzene rings is 1. The second-order valence-corrected chi connectivity index (χ2v) is 4.67. The Morgan fingerprint density at radius 3 is 2.62 bits per heavy atom. The summed E-state index contributed by atoms with van der Waals surface area (Å²) in [7, 11) is 0. The Morgan fingerprint density at radius 1 is 1.29 bits per heavy atom. The van der Waals surface area contributed by atoms with E-state index >= 15 is 0 Å². The van der Waals surface area contributed by atoms with E-state index in [1.165, 1.54) is 6.21 Å². The van der Waals surface area contributed by atoms with Crippen molar-refractivity contribution in [2.45, 2.75) is 33.8 Å². The summed E-state index contributed by atoms with van der Waals surface area (Å²) in [5.74, 6) is -0.161. The number of allylic oxidation sites excluding steroid dienone is 1. The first-order chi connectivity index (χ1) is 10.2. The summed E-state index contributed by atoms with van der Waals surface area (Å²) < 4.78 is 5.04. The van der Waals surface area contributed by atoms with Crippen molar-refractivity contribution in [3.63, 3.8) is 0 Å². The normalized spacial score (nSPS) is 13.2. The summed E-state index contributed by atoms with van der Waals surface area (Å²) in [4.78, 5) is 17.0. The molecule has 0 saturated heterocycles. The molecule has 0 aliphatic heterocycles. The highest BCUT2D eigenvalue weighted by Gasteiger charge is 2.15. The molecule has 1 unspecified atom stereocenters. The average Bonchev–Trinajstić information content (AvgIpc) is 2.51. The highest BCUT2D eigenvalue weighted by molar-refractivity contribution is 5.93. The van der Waals surface area contributed by atoms with E-state index < -0.39 is 0 Å². The van der Waals surface area contributed by atoms with Crippen molar-refractivity contribution in [2.24, 2.45) is 11.1 Å². The molecule has 0 heterocycles. The summed E-state index contributed by atoms with van der Waals surface area (Å²) >= 11 is 0. The zero-order valence-electron chi connectivity index (χ0n) is 12.9. The minimum Gasteiger partial charge on any atom is -0.463 e. The van der Waals surface area contributed by atoms with Gasteiger partial charge in [-0.3, -0.25) is 0 Å². The van der Waals surface area contributed by atoms with Crippen LogP contribution in [0.15, 0.2) is 47.1 Å². The fourth-order valence-corrected chi connectivity index (χ4v) is 1.71. The van der Waals surface area contributed by atoms with Crippen LogP contribution in [0.1, 0.15) is 32.8 Å². The first-order valence-electron chi connectivity index (χ1n) is 7.25. The molecule has 0 saturated carbocycles. The van der Waals surface area contributed by atoms with Gasteiger partial charge in [0.2, 0.25) is 0 Å². The number of carbonyl (C=O) groups is 1. The molecule has 114 valence electrons. The fraction of sp³-hybridized carbons (Fsp3) is 0.412. The van der Waals surface area contributed by atoms with Gasteiger partial charge in [0.05, 0.1) is 12.8 Å². The van der Waals surface area contributed by atoms with Gasteiger partial charge in [0.1, 0.15) is 6.61 Å². The average molecular weight is 289 g/mol. The monoisotopic (exact) mass is 289 g/mol. The van der Waals surface area contributed by atoms with E-state index in [9.17, 15) is 4.79 Å². The molecule has 4 heteroatoms. The van der Waals surface area contributed by atoms with Gasteiger partial charge in [-0.2, -0.15) is 0 Å². The SMILES string of the molecule is CCOC(=O)/C(=C\C=N/OCc1ccccc1)C(C)CC. The van der Waals surface area contributed by atoms with Crippen molar-refractivity contribution in [3.8, 4) is 0 Å². The van der Waals surface area contributed by atoms with Crippen LogP contribution < -0.4 is 0 Å². The zero-order valence-corrected chi connectivity index (χ0v) is 12.9. The van der Waals surface area contributed by atoms with Crippen LogP contribution in [0.25, 0.3) is 0 Å². The predicted molar refractivity (Wildman–Crippen MR) is 83.9 cm³/mol. The van der Waals surface area contributed by atoms with Gasteiger partial charge >= 0.3 is 5.97 Å². The number of hydrogen-bond donors (Lipinski definition) is 0. The number of ether oxygens (including phenoxy) is 1. The Hall–Kier alpha value is -2.10. The number of carbonyl (C=O) groups excluding carboxylic acids is 1. The van der Waals surface area contributed by atoms with E-state index in [-0.39, 0.29) is 11.9 Å². The lowest BCUT2D eigenvalue weighted by Gasteiger charge is -2.11. The van der Waals surface area contributed by atoms with Crippen molar-refractivity contribution in [1.82, 2.24) is 0 Å². The molecule has 0 fully saturated rings. The predicted octanol–water partition coefficient (Wildman–Crippen LogP) is 3.72. The van der Waals surface area contributed by atoms with Gasteiger partial charge in [-0.25, -0.2) is 4.79 Å². The van der Waals surface area contributed by atoms with Crippen molar-refractivity contribution in [1.29, 1.82) is 0 Å². The molecule has 0 aliphatic carbocycles. The molecule has 0 aromatic heterocycles. The molecule has 0 radical (unpaired) electrons. The molecule has 1 atom stereocenters. The van der Waals surface area contributed by atoms with Gasteiger partial charge in [0.15, 0.2) is 0 Å². The molecule has 0 N–H and O–H groups in total. The molecule has 0 aliphatic rings. The zero-order chi connectivity index (χ0) is 15.5. The fourth-order valence-electron chi connectivity index (χ4n) is 1.71. The second-order valence-electron chi connectivity index (χ2n) is 4.67. The van der Waals surface area contributed by atoms with Gasteiger partial charge in [-0.15, -0.1) is 0 Å². The third-order valence-corrected chi connectivity index (χ3v) is 3.12. The lowest BCUT2D eigenvalue weighted by molar-refractivity contribution is -0.139. The summed E-state index contributed by atoms with van der Waals surface area (Å²) in [6.07, 6.45) is 4.03. The second kappa shape index (κ2) is 9.75. The maximum Gasteiger partial charge on any atom is 0.334 e. The standard InChI is InChI=1S/C17H23NO3/c1-4-14(3)16(17(19)20-5-2)11-12-18-21-13-15-9-7-6-8-10-15/h6-12,14H,4-5,13H2,1-3H3/b16-11-,18-12-. The van der Waals surface area contributed by atoms with Crippen molar-refractivity contribution >= 4 is 12.2 Å². The van der Waals surface area contributed by atoms with Crippen LogP contribution in [-0.4, -0.2) is 18.8 Å². The van der Waals surface area contributed by atoms with E-state index in [2.05, 4.69) is 5.16 Å². The minimum absolute atomic E-state index is 0.129. The number of esters is 1. The smallest absolute Gasteiger partial charge is 0.334 e. The Morgan fingerprint density at radius 2 is 2.00 bits per heavy atom. The topological polar surface area (TPSA) is 47.9 Å². The molecular weight excluding hydrogens is 266 g/mol. The number of oxime groups is 1. The van der Waals surface area contributed by atoms with Gasteiger partial charge in [-0.05, 0) is 30.9 Å². The van der Waals surface area contributed by atoms with Crippen LogP contribution in [0.3, 0.4) is 0 Å². The summed E-state index contributed by atoms with van der Waals surface area (Å²) in [5.41, 5.74) is 1.66. The van der Waals surface area contributed by atoms with E-state index in [4.69, 9.17) is 9.57 Å². The Labute approximate surface area is 126 Å². The molecule has 0 amide bonds.